The number of rotatable bonds is 3. The molecule has 1 aromatic carbocycles. The van der Waals surface area contributed by atoms with Crippen LogP contribution in [0, 0.1) is 6.92 Å². The SMILES string of the molecule is C=CCCn1ccc2ccc(C)cc21. The van der Waals surface area contributed by atoms with Crippen LogP contribution in [0.25, 0.3) is 10.9 Å². The fraction of sp³-hybridized carbons (Fsp3) is 0.231. The first kappa shape index (κ1) is 9.07. The van der Waals surface area contributed by atoms with Gasteiger partial charge < -0.3 is 4.57 Å². The Labute approximate surface area is 84.7 Å². The molecule has 0 saturated carbocycles. The van der Waals surface area contributed by atoms with Crippen molar-refractivity contribution in [2.45, 2.75) is 19.9 Å². The van der Waals surface area contributed by atoms with E-state index in [0.717, 1.165) is 13.0 Å². The van der Waals surface area contributed by atoms with Crippen LogP contribution in [-0.4, -0.2) is 4.57 Å². The van der Waals surface area contributed by atoms with Gasteiger partial charge in [-0.3, -0.25) is 0 Å². The first-order chi connectivity index (χ1) is 6.81. The monoisotopic (exact) mass is 185 g/mol. The summed E-state index contributed by atoms with van der Waals surface area (Å²) in [6, 6.07) is 8.73. The van der Waals surface area contributed by atoms with Crippen molar-refractivity contribution >= 4 is 10.9 Å². The van der Waals surface area contributed by atoms with E-state index in [9.17, 15) is 0 Å². The first-order valence-corrected chi connectivity index (χ1v) is 4.97. The Morgan fingerprint density at radius 2 is 2.21 bits per heavy atom. The molecule has 0 spiro atoms. The first-order valence-electron chi connectivity index (χ1n) is 4.97. The summed E-state index contributed by atoms with van der Waals surface area (Å²) < 4.78 is 2.28. The van der Waals surface area contributed by atoms with Crippen molar-refractivity contribution in [3.8, 4) is 0 Å². The average Bonchev–Trinajstić information content (AvgIpc) is 2.57. The number of nitrogens with zero attached hydrogens (tertiary/aromatic N) is 1. The summed E-state index contributed by atoms with van der Waals surface area (Å²) in [6.45, 7) is 6.90. The van der Waals surface area contributed by atoms with Crippen LogP contribution in [0.5, 0.6) is 0 Å². The zero-order valence-electron chi connectivity index (χ0n) is 8.53. The summed E-state index contributed by atoms with van der Waals surface area (Å²) >= 11 is 0. The van der Waals surface area contributed by atoms with E-state index in [4.69, 9.17) is 0 Å². The molecule has 0 atom stereocenters. The van der Waals surface area contributed by atoms with E-state index < -0.39 is 0 Å². The van der Waals surface area contributed by atoms with Gasteiger partial charge in [0.15, 0.2) is 0 Å². The van der Waals surface area contributed by atoms with Crippen LogP contribution < -0.4 is 0 Å². The largest absolute Gasteiger partial charge is 0.347 e. The van der Waals surface area contributed by atoms with Crippen molar-refractivity contribution in [3.63, 3.8) is 0 Å². The summed E-state index contributed by atoms with van der Waals surface area (Å²) in [6.07, 6.45) is 5.13. The summed E-state index contributed by atoms with van der Waals surface area (Å²) in [4.78, 5) is 0. The number of aromatic nitrogens is 1. The minimum Gasteiger partial charge on any atom is -0.347 e. The van der Waals surface area contributed by atoms with E-state index in [1.54, 1.807) is 0 Å². The second-order valence-corrected chi connectivity index (χ2v) is 3.65. The smallest absolute Gasteiger partial charge is 0.0483 e. The molecule has 0 fully saturated rings. The number of hydrogen-bond donors (Lipinski definition) is 0. The highest BCUT2D eigenvalue weighted by molar-refractivity contribution is 5.80. The second kappa shape index (κ2) is 3.70. The Kier molecular flexibility index (Phi) is 2.40. The van der Waals surface area contributed by atoms with Crippen molar-refractivity contribution in [1.82, 2.24) is 4.57 Å². The van der Waals surface area contributed by atoms with Gasteiger partial charge in [-0.2, -0.15) is 0 Å². The number of hydrogen-bond acceptors (Lipinski definition) is 0. The van der Waals surface area contributed by atoms with Crippen LogP contribution in [0.15, 0.2) is 43.1 Å². The molecule has 1 aromatic heterocycles. The Morgan fingerprint density at radius 3 is 3.00 bits per heavy atom. The summed E-state index contributed by atoms with van der Waals surface area (Å²) in [5.74, 6) is 0. The van der Waals surface area contributed by atoms with Gasteiger partial charge in [0.05, 0.1) is 0 Å². The molecule has 2 aromatic rings. The highest BCUT2D eigenvalue weighted by atomic mass is 14.9. The van der Waals surface area contributed by atoms with Gasteiger partial charge in [-0.25, -0.2) is 0 Å². The topological polar surface area (TPSA) is 4.93 Å². The maximum Gasteiger partial charge on any atom is 0.0483 e. The summed E-state index contributed by atoms with van der Waals surface area (Å²) in [7, 11) is 0. The highest BCUT2D eigenvalue weighted by Crippen LogP contribution is 2.17. The van der Waals surface area contributed by atoms with E-state index in [1.165, 1.54) is 16.5 Å². The Balaban J connectivity index is 2.44. The Hall–Kier alpha value is -1.50. The third-order valence-electron chi connectivity index (χ3n) is 2.50. The molecule has 0 N–H and O–H groups in total. The van der Waals surface area contributed by atoms with Gasteiger partial charge in [-0.05, 0) is 36.4 Å². The van der Waals surface area contributed by atoms with E-state index >= 15 is 0 Å². The van der Waals surface area contributed by atoms with Gasteiger partial charge in [0, 0.05) is 18.3 Å². The molecule has 1 heteroatoms. The molecule has 0 aliphatic rings. The van der Waals surface area contributed by atoms with E-state index in [-0.39, 0.29) is 0 Å². The predicted molar refractivity (Wildman–Crippen MR) is 61.5 cm³/mol. The lowest BCUT2D eigenvalue weighted by Gasteiger charge is -2.03. The number of aryl methyl sites for hydroxylation is 2. The molecule has 14 heavy (non-hydrogen) atoms. The normalized spacial score (nSPS) is 10.6. The van der Waals surface area contributed by atoms with Crippen molar-refractivity contribution in [1.29, 1.82) is 0 Å². The van der Waals surface area contributed by atoms with Crippen LogP contribution in [0.4, 0.5) is 0 Å². The van der Waals surface area contributed by atoms with Gasteiger partial charge in [-0.15, -0.1) is 6.58 Å². The lowest BCUT2D eigenvalue weighted by atomic mass is 10.2. The maximum absolute atomic E-state index is 3.74. The molecule has 0 unspecified atom stereocenters. The molecule has 0 aliphatic carbocycles. The van der Waals surface area contributed by atoms with E-state index in [1.807, 2.05) is 6.08 Å². The molecular formula is C13H15N. The zero-order chi connectivity index (χ0) is 9.97. The lowest BCUT2D eigenvalue weighted by Crippen LogP contribution is -1.94. The van der Waals surface area contributed by atoms with Gasteiger partial charge >= 0.3 is 0 Å². The van der Waals surface area contributed by atoms with Crippen molar-refractivity contribution in [2.24, 2.45) is 0 Å². The van der Waals surface area contributed by atoms with Crippen molar-refractivity contribution in [3.05, 3.63) is 48.7 Å². The molecule has 2 rings (SSSR count). The van der Waals surface area contributed by atoms with Gasteiger partial charge in [-0.1, -0.05) is 18.2 Å². The molecule has 0 aliphatic heterocycles. The summed E-state index contributed by atoms with van der Waals surface area (Å²) in [5, 5.41) is 1.32. The van der Waals surface area contributed by atoms with Crippen LogP contribution in [-0.2, 0) is 6.54 Å². The molecule has 1 nitrogen and oxygen atoms in total. The van der Waals surface area contributed by atoms with Crippen LogP contribution in [0.2, 0.25) is 0 Å². The van der Waals surface area contributed by atoms with E-state index in [2.05, 4.69) is 48.5 Å². The lowest BCUT2D eigenvalue weighted by molar-refractivity contribution is 0.739. The van der Waals surface area contributed by atoms with Crippen LogP contribution in [0.1, 0.15) is 12.0 Å². The Morgan fingerprint density at radius 1 is 1.36 bits per heavy atom. The fourth-order valence-electron chi connectivity index (χ4n) is 1.72. The van der Waals surface area contributed by atoms with Crippen molar-refractivity contribution in [2.75, 3.05) is 0 Å². The van der Waals surface area contributed by atoms with Crippen LogP contribution in [0.3, 0.4) is 0 Å². The highest BCUT2D eigenvalue weighted by Gasteiger charge is 1.99. The quantitative estimate of drug-likeness (QED) is 0.645. The predicted octanol–water partition coefficient (Wildman–Crippen LogP) is 3.53. The minimum atomic E-state index is 1.02. The fourth-order valence-corrected chi connectivity index (χ4v) is 1.72. The molecule has 72 valence electrons. The van der Waals surface area contributed by atoms with Gasteiger partial charge in [0.1, 0.15) is 0 Å². The van der Waals surface area contributed by atoms with Gasteiger partial charge in [0.2, 0.25) is 0 Å². The maximum atomic E-state index is 3.74. The molecule has 0 amide bonds. The van der Waals surface area contributed by atoms with Gasteiger partial charge in [0.25, 0.3) is 0 Å². The number of benzene rings is 1. The summed E-state index contributed by atoms with van der Waals surface area (Å²) in [5.41, 5.74) is 2.64. The minimum absolute atomic E-state index is 1.02. The third-order valence-corrected chi connectivity index (χ3v) is 2.50. The molecular weight excluding hydrogens is 170 g/mol. The second-order valence-electron chi connectivity index (χ2n) is 3.65. The molecule has 0 saturated heterocycles. The number of allylic oxidation sites excluding steroid dienone is 1. The number of fused-ring (bicyclic) bond motifs is 1. The average molecular weight is 185 g/mol. The Bertz CT molecular complexity index is 451. The third kappa shape index (κ3) is 1.58. The molecule has 0 bridgehead atoms. The van der Waals surface area contributed by atoms with Crippen LogP contribution >= 0.6 is 0 Å². The zero-order valence-corrected chi connectivity index (χ0v) is 8.53. The van der Waals surface area contributed by atoms with Crippen molar-refractivity contribution < 1.29 is 0 Å². The van der Waals surface area contributed by atoms with E-state index in [0.29, 0.717) is 0 Å². The standard InChI is InChI=1S/C13H15N/c1-3-4-8-14-9-7-12-6-5-11(2)10-13(12)14/h3,5-7,9-10H,1,4,8H2,2H3. The molecule has 1 heterocycles. The molecule has 0 radical (unpaired) electrons.